The summed E-state index contributed by atoms with van der Waals surface area (Å²) in [5.74, 6) is 0.247. The highest BCUT2D eigenvalue weighted by Gasteiger charge is 2.39. The van der Waals surface area contributed by atoms with Crippen molar-refractivity contribution in [2.75, 3.05) is 33.4 Å². The van der Waals surface area contributed by atoms with Gasteiger partial charge in [0.05, 0.1) is 26.0 Å². The van der Waals surface area contributed by atoms with Crippen molar-refractivity contribution in [3.8, 4) is 5.88 Å². The fourth-order valence-corrected chi connectivity index (χ4v) is 2.61. The Labute approximate surface area is 112 Å². The van der Waals surface area contributed by atoms with Crippen LogP contribution < -0.4 is 4.74 Å². The monoisotopic (exact) mass is 265 g/mol. The molecule has 1 aromatic heterocycles. The highest BCUT2D eigenvalue weighted by atomic mass is 16.7. The molecule has 0 N–H and O–H groups in total. The summed E-state index contributed by atoms with van der Waals surface area (Å²) in [6, 6.07) is 3.80. The minimum Gasteiger partial charge on any atom is -0.480 e. The highest BCUT2D eigenvalue weighted by molar-refractivity contribution is 5.11. The molecule has 0 atom stereocenters. The molecule has 3 heterocycles. The van der Waals surface area contributed by atoms with Gasteiger partial charge in [0.2, 0.25) is 5.88 Å². The Morgan fingerprint density at radius 2 is 1.95 bits per heavy atom. The molecule has 2 saturated heterocycles. The van der Waals surface area contributed by atoms with Gasteiger partial charge in [0.15, 0.2) is 5.79 Å². The van der Waals surface area contributed by atoms with Gasteiger partial charge >= 0.3 is 0 Å². The van der Waals surface area contributed by atoms with Crippen LogP contribution in [0, 0.1) is 0 Å². The highest BCUT2D eigenvalue weighted by Crippen LogP contribution is 2.31. The van der Waals surface area contributed by atoms with E-state index in [1.165, 1.54) is 0 Å². The number of hydrogen-bond acceptors (Lipinski definition) is 6. The second-order valence-electron chi connectivity index (χ2n) is 4.95. The van der Waals surface area contributed by atoms with Gasteiger partial charge in [-0.05, 0) is 6.07 Å². The molecule has 0 radical (unpaired) electrons. The van der Waals surface area contributed by atoms with E-state index in [-0.39, 0.29) is 5.79 Å². The molecule has 0 unspecified atom stereocenters. The summed E-state index contributed by atoms with van der Waals surface area (Å²) in [7, 11) is 1.59. The molecular weight excluding hydrogens is 246 g/mol. The predicted molar refractivity (Wildman–Crippen MR) is 67.7 cm³/mol. The predicted octanol–water partition coefficient (Wildman–Crippen LogP) is 0.824. The number of nitrogens with zero attached hydrogens (tertiary/aromatic N) is 3. The zero-order chi connectivity index (χ0) is 13.1. The average Bonchev–Trinajstić information content (AvgIpc) is 2.91. The molecule has 2 aliphatic heterocycles. The summed E-state index contributed by atoms with van der Waals surface area (Å²) in [6.07, 6.45) is 1.85. The minimum atomic E-state index is -0.303. The SMILES string of the molecule is COc1ccc(CN2CCC3(CC2)OCCO3)nn1. The Morgan fingerprint density at radius 1 is 1.21 bits per heavy atom. The third-order valence-corrected chi connectivity index (χ3v) is 3.72. The smallest absolute Gasteiger partial charge is 0.233 e. The van der Waals surface area contributed by atoms with E-state index in [2.05, 4.69) is 15.1 Å². The molecule has 2 aliphatic rings. The van der Waals surface area contributed by atoms with E-state index in [0.717, 1.165) is 51.4 Å². The van der Waals surface area contributed by atoms with Gasteiger partial charge in [-0.15, -0.1) is 5.10 Å². The quantitative estimate of drug-likeness (QED) is 0.806. The number of hydrogen-bond donors (Lipinski definition) is 0. The molecule has 1 aromatic rings. The summed E-state index contributed by atoms with van der Waals surface area (Å²) in [5.41, 5.74) is 0.963. The lowest BCUT2D eigenvalue weighted by molar-refractivity contribution is -0.185. The van der Waals surface area contributed by atoms with Crippen LogP contribution in [-0.4, -0.2) is 54.3 Å². The Kier molecular flexibility index (Phi) is 3.63. The number of likely N-dealkylation sites (tertiary alicyclic amines) is 1. The van der Waals surface area contributed by atoms with E-state index >= 15 is 0 Å². The first-order valence-corrected chi connectivity index (χ1v) is 6.67. The van der Waals surface area contributed by atoms with Crippen molar-refractivity contribution in [1.82, 2.24) is 15.1 Å². The summed E-state index contributed by atoms with van der Waals surface area (Å²) in [4.78, 5) is 2.35. The Morgan fingerprint density at radius 3 is 2.53 bits per heavy atom. The molecule has 0 amide bonds. The van der Waals surface area contributed by atoms with Crippen LogP contribution in [0.2, 0.25) is 0 Å². The molecule has 3 rings (SSSR count). The van der Waals surface area contributed by atoms with Gasteiger partial charge in [-0.25, -0.2) is 0 Å². The van der Waals surface area contributed by atoms with Gasteiger partial charge in [0.1, 0.15) is 0 Å². The van der Waals surface area contributed by atoms with Gasteiger partial charge in [-0.3, -0.25) is 4.90 Å². The van der Waals surface area contributed by atoms with Crippen molar-refractivity contribution < 1.29 is 14.2 Å². The average molecular weight is 265 g/mol. The van der Waals surface area contributed by atoms with E-state index in [9.17, 15) is 0 Å². The molecule has 0 aromatic carbocycles. The molecule has 19 heavy (non-hydrogen) atoms. The lowest BCUT2D eigenvalue weighted by atomic mass is 10.0. The van der Waals surface area contributed by atoms with Crippen molar-refractivity contribution in [2.24, 2.45) is 0 Å². The van der Waals surface area contributed by atoms with Crippen LogP contribution in [0.3, 0.4) is 0 Å². The van der Waals surface area contributed by atoms with Crippen LogP contribution in [0.1, 0.15) is 18.5 Å². The fourth-order valence-electron chi connectivity index (χ4n) is 2.61. The van der Waals surface area contributed by atoms with Crippen LogP contribution in [-0.2, 0) is 16.0 Å². The Hall–Kier alpha value is -1.24. The largest absolute Gasteiger partial charge is 0.480 e. The molecule has 0 bridgehead atoms. The Balaban J connectivity index is 1.53. The van der Waals surface area contributed by atoms with Crippen LogP contribution >= 0.6 is 0 Å². The Bertz CT molecular complexity index is 408. The molecule has 2 fully saturated rings. The molecule has 104 valence electrons. The van der Waals surface area contributed by atoms with Crippen molar-refractivity contribution in [3.63, 3.8) is 0 Å². The third-order valence-electron chi connectivity index (χ3n) is 3.72. The van der Waals surface area contributed by atoms with Crippen molar-refractivity contribution >= 4 is 0 Å². The normalized spacial score (nSPS) is 22.8. The van der Waals surface area contributed by atoms with Gasteiger partial charge < -0.3 is 14.2 Å². The maximum Gasteiger partial charge on any atom is 0.233 e. The van der Waals surface area contributed by atoms with Crippen LogP contribution in [0.25, 0.3) is 0 Å². The topological polar surface area (TPSA) is 56.7 Å². The van der Waals surface area contributed by atoms with Crippen LogP contribution in [0.5, 0.6) is 5.88 Å². The maximum atomic E-state index is 5.72. The van der Waals surface area contributed by atoms with Gasteiger partial charge in [-0.1, -0.05) is 0 Å². The molecule has 6 heteroatoms. The van der Waals surface area contributed by atoms with E-state index in [1.807, 2.05) is 12.1 Å². The van der Waals surface area contributed by atoms with E-state index < -0.39 is 0 Å². The molecular formula is C13H19N3O3. The van der Waals surface area contributed by atoms with E-state index in [1.54, 1.807) is 7.11 Å². The van der Waals surface area contributed by atoms with Crippen molar-refractivity contribution in [1.29, 1.82) is 0 Å². The van der Waals surface area contributed by atoms with E-state index in [0.29, 0.717) is 5.88 Å². The lowest BCUT2D eigenvalue weighted by Crippen LogP contribution is -2.44. The summed E-state index contributed by atoms with van der Waals surface area (Å²) < 4.78 is 16.4. The third kappa shape index (κ3) is 2.86. The first kappa shape index (κ1) is 12.8. The second-order valence-corrected chi connectivity index (χ2v) is 4.95. The number of methoxy groups -OCH3 is 1. The van der Waals surface area contributed by atoms with E-state index in [4.69, 9.17) is 14.2 Å². The first-order chi connectivity index (χ1) is 9.30. The van der Waals surface area contributed by atoms with Gasteiger partial charge in [0.25, 0.3) is 0 Å². The molecule has 1 spiro atoms. The fraction of sp³-hybridized carbons (Fsp3) is 0.692. The van der Waals surface area contributed by atoms with Crippen molar-refractivity contribution in [3.05, 3.63) is 17.8 Å². The van der Waals surface area contributed by atoms with Gasteiger partial charge in [-0.2, -0.15) is 5.10 Å². The van der Waals surface area contributed by atoms with Crippen LogP contribution in [0.4, 0.5) is 0 Å². The zero-order valence-electron chi connectivity index (χ0n) is 11.2. The summed E-state index contributed by atoms with van der Waals surface area (Å²) >= 11 is 0. The summed E-state index contributed by atoms with van der Waals surface area (Å²) in [6.45, 7) is 4.20. The first-order valence-electron chi connectivity index (χ1n) is 6.67. The molecule has 0 aliphatic carbocycles. The second kappa shape index (κ2) is 5.40. The standard InChI is InChI=1S/C13H19N3O3/c1-17-12-3-2-11(14-15-12)10-16-6-4-13(5-7-16)18-8-9-19-13/h2-3H,4-10H2,1H3. The van der Waals surface area contributed by atoms with Gasteiger partial charge in [0, 0.05) is 38.5 Å². The number of ether oxygens (including phenoxy) is 3. The maximum absolute atomic E-state index is 5.72. The number of rotatable bonds is 3. The number of piperidine rings is 1. The zero-order valence-corrected chi connectivity index (χ0v) is 11.2. The minimum absolute atomic E-state index is 0.303. The molecule has 0 saturated carbocycles. The lowest BCUT2D eigenvalue weighted by Gasteiger charge is -2.37. The van der Waals surface area contributed by atoms with Crippen LogP contribution in [0.15, 0.2) is 12.1 Å². The molecule has 6 nitrogen and oxygen atoms in total. The number of aromatic nitrogens is 2. The summed E-state index contributed by atoms with van der Waals surface area (Å²) in [5, 5.41) is 8.14. The van der Waals surface area contributed by atoms with Crippen molar-refractivity contribution in [2.45, 2.75) is 25.2 Å².